The number of amides is 2. The SMILES string of the molecule is CN(CCC(N)=O)C(=O)Cc1ccccc1. The average molecular weight is 220 g/mol. The van der Waals surface area contributed by atoms with Gasteiger partial charge in [-0.05, 0) is 5.56 Å². The van der Waals surface area contributed by atoms with Gasteiger partial charge >= 0.3 is 0 Å². The second-order valence-corrected chi connectivity index (χ2v) is 3.69. The second-order valence-electron chi connectivity index (χ2n) is 3.69. The zero-order chi connectivity index (χ0) is 12.0. The summed E-state index contributed by atoms with van der Waals surface area (Å²) >= 11 is 0. The van der Waals surface area contributed by atoms with Crippen molar-refractivity contribution in [2.45, 2.75) is 12.8 Å². The second kappa shape index (κ2) is 5.90. The van der Waals surface area contributed by atoms with E-state index in [0.29, 0.717) is 13.0 Å². The number of nitrogens with two attached hydrogens (primary N) is 1. The van der Waals surface area contributed by atoms with E-state index in [1.807, 2.05) is 30.3 Å². The molecule has 0 fully saturated rings. The van der Waals surface area contributed by atoms with Gasteiger partial charge in [0.15, 0.2) is 0 Å². The quantitative estimate of drug-likeness (QED) is 0.788. The van der Waals surface area contributed by atoms with Gasteiger partial charge in [0.05, 0.1) is 6.42 Å². The molecule has 0 bridgehead atoms. The summed E-state index contributed by atoms with van der Waals surface area (Å²) in [5.74, 6) is -0.396. The van der Waals surface area contributed by atoms with Crippen LogP contribution in [0.1, 0.15) is 12.0 Å². The summed E-state index contributed by atoms with van der Waals surface area (Å²) in [6, 6.07) is 9.50. The monoisotopic (exact) mass is 220 g/mol. The van der Waals surface area contributed by atoms with E-state index in [0.717, 1.165) is 5.56 Å². The number of hydrogen-bond acceptors (Lipinski definition) is 2. The third kappa shape index (κ3) is 4.13. The molecule has 0 saturated heterocycles. The number of likely N-dealkylation sites (N-methyl/N-ethyl adjacent to an activating group) is 1. The van der Waals surface area contributed by atoms with Gasteiger partial charge in [-0.1, -0.05) is 30.3 Å². The maximum Gasteiger partial charge on any atom is 0.226 e. The lowest BCUT2D eigenvalue weighted by molar-refractivity contribution is -0.129. The van der Waals surface area contributed by atoms with Crippen molar-refractivity contribution >= 4 is 11.8 Å². The van der Waals surface area contributed by atoms with E-state index in [2.05, 4.69) is 0 Å². The van der Waals surface area contributed by atoms with E-state index >= 15 is 0 Å². The molecule has 0 aromatic heterocycles. The predicted molar refractivity (Wildman–Crippen MR) is 61.6 cm³/mol. The topological polar surface area (TPSA) is 63.4 Å². The van der Waals surface area contributed by atoms with Crippen molar-refractivity contribution in [3.63, 3.8) is 0 Å². The maximum atomic E-state index is 11.7. The molecule has 86 valence electrons. The molecule has 2 N–H and O–H groups in total. The van der Waals surface area contributed by atoms with Crippen molar-refractivity contribution in [1.29, 1.82) is 0 Å². The van der Waals surface area contributed by atoms with E-state index in [9.17, 15) is 9.59 Å². The lowest BCUT2D eigenvalue weighted by atomic mass is 10.1. The molecule has 0 aliphatic rings. The van der Waals surface area contributed by atoms with E-state index in [1.54, 1.807) is 7.05 Å². The Morgan fingerprint density at radius 2 is 1.88 bits per heavy atom. The number of carbonyl (C=O) groups excluding carboxylic acids is 2. The molecule has 1 rings (SSSR count). The van der Waals surface area contributed by atoms with Crippen LogP contribution in [0, 0.1) is 0 Å². The Labute approximate surface area is 95.0 Å². The lowest BCUT2D eigenvalue weighted by Crippen LogP contribution is -2.31. The zero-order valence-electron chi connectivity index (χ0n) is 9.35. The normalized spacial score (nSPS) is 9.81. The van der Waals surface area contributed by atoms with Crippen molar-refractivity contribution in [3.05, 3.63) is 35.9 Å². The summed E-state index contributed by atoms with van der Waals surface area (Å²) in [5, 5.41) is 0. The minimum absolute atomic E-state index is 0.00699. The van der Waals surface area contributed by atoms with Crippen molar-refractivity contribution in [1.82, 2.24) is 4.90 Å². The first-order chi connectivity index (χ1) is 7.59. The third-order valence-electron chi connectivity index (χ3n) is 2.32. The van der Waals surface area contributed by atoms with Crippen LogP contribution in [0.3, 0.4) is 0 Å². The molecule has 0 spiro atoms. The Bertz CT molecular complexity index is 363. The lowest BCUT2D eigenvalue weighted by Gasteiger charge is -2.16. The van der Waals surface area contributed by atoms with Crippen LogP contribution < -0.4 is 5.73 Å². The van der Waals surface area contributed by atoms with Gasteiger partial charge in [-0.25, -0.2) is 0 Å². The minimum atomic E-state index is -0.389. The van der Waals surface area contributed by atoms with Crippen LogP contribution in [0.5, 0.6) is 0 Å². The molecular formula is C12H16N2O2. The summed E-state index contributed by atoms with van der Waals surface area (Å²) < 4.78 is 0. The van der Waals surface area contributed by atoms with Gasteiger partial charge < -0.3 is 10.6 Å². The Kier molecular flexibility index (Phi) is 4.51. The minimum Gasteiger partial charge on any atom is -0.370 e. The molecule has 0 radical (unpaired) electrons. The first kappa shape index (κ1) is 12.2. The molecule has 0 aliphatic heterocycles. The number of primary amides is 1. The fourth-order valence-corrected chi connectivity index (χ4v) is 1.31. The van der Waals surface area contributed by atoms with Crippen molar-refractivity contribution < 1.29 is 9.59 Å². The van der Waals surface area contributed by atoms with Gasteiger partial charge in [-0.3, -0.25) is 9.59 Å². The maximum absolute atomic E-state index is 11.7. The van der Waals surface area contributed by atoms with Crippen LogP contribution in [-0.4, -0.2) is 30.3 Å². The zero-order valence-corrected chi connectivity index (χ0v) is 9.35. The molecule has 4 heteroatoms. The summed E-state index contributed by atoms with van der Waals surface area (Å²) in [4.78, 5) is 23.8. The van der Waals surface area contributed by atoms with Gasteiger partial charge in [-0.2, -0.15) is 0 Å². The number of benzene rings is 1. The molecule has 2 amide bonds. The molecule has 0 heterocycles. The van der Waals surface area contributed by atoms with Crippen LogP contribution >= 0.6 is 0 Å². The van der Waals surface area contributed by atoms with Gasteiger partial charge in [0.25, 0.3) is 0 Å². The Balaban J connectivity index is 2.43. The molecule has 1 aromatic carbocycles. The highest BCUT2D eigenvalue weighted by Gasteiger charge is 2.09. The van der Waals surface area contributed by atoms with Crippen molar-refractivity contribution in [2.75, 3.05) is 13.6 Å². The summed E-state index contributed by atoms with van der Waals surface area (Å²) in [7, 11) is 1.67. The number of rotatable bonds is 5. The summed E-state index contributed by atoms with van der Waals surface area (Å²) in [6.07, 6.45) is 0.563. The van der Waals surface area contributed by atoms with Crippen LogP contribution in [-0.2, 0) is 16.0 Å². The number of hydrogen-bond donors (Lipinski definition) is 1. The smallest absolute Gasteiger partial charge is 0.226 e. The van der Waals surface area contributed by atoms with Crippen LogP contribution in [0.4, 0.5) is 0 Å². The highest BCUT2D eigenvalue weighted by atomic mass is 16.2. The Hall–Kier alpha value is -1.84. The molecule has 0 saturated carbocycles. The highest BCUT2D eigenvalue weighted by molar-refractivity contribution is 5.79. The first-order valence-corrected chi connectivity index (χ1v) is 5.16. The summed E-state index contributed by atoms with van der Waals surface area (Å²) in [5.41, 5.74) is 5.99. The molecule has 0 aliphatic carbocycles. The Morgan fingerprint density at radius 1 is 1.25 bits per heavy atom. The van der Waals surface area contributed by atoms with Gasteiger partial charge in [0.1, 0.15) is 0 Å². The standard InChI is InChI=1S/C12H16N2O2/c1-14(8-7-11(13)15)12(16)9-10-5-3-2-4-6-10/h2-6H,7-9H2,1H3,(H2,13,15). The van der Waals surface area contributed by atoms with Crippen molar-refractivity contribution in [3.8, 4) is 0 Å². The first-order valence-electron chi connectivity index (χ1n) is 5.16. The van der Waals surface area contributed by atoms with Gasteiger partial charge in [0, 0.05) is 20.0 Å². The van der Waals surface area contributed by atoms with Crippen molar-refractivity contribution in [2.24, 2.45) is 5.73 Å². The molecule has 16 heavy (non-hydrogen) atoms. The fraction of sp³-hybridized carbons (Fsp3) is 0.333. The van der Waals surface area contributed by atoms with Crippen LogP contribution in [0.25, 0.3) is 0 Å². The Morgan fingerprint density at radius 3 is 2.44 bits per heavy atom. The van der Waals surface area contributed by atoms with Crippen LogP contribution in [0.15, 0.2) is 30.3 Å². The van der Waals surface area contributed by atoms with Gasteiger partial charge in [-0.15, -0.1) is 0 Å². The molecule has 1 aromatic rings. The fourth-order valence-electron chi connectivity index (χ4n) is 1.31. The van der Waals surface area contributed by atoms with E-state index in [4.69, 9.17) is 5.73 Å². The van der Waals surface area contributed by atoms with Crippen LogP contribution in [0.2, 0.25) is 0 Å². The molecule has 0 unspecified atom stereocenters. The number of nitrogens with zero attached hydrogens (tertiary/aromatic N) is 1. The van der Waals surface area contributed by atoms with E-state index < -0.39 is 0 Å². The highest BCUT2D eigenvalue weighted by Crippen LogP contribution is 2.02. The summed E-state index contributed by atoms with van der Waals surface area (Å²) in [6.45, 7) is 0.376. The largest absolute Gasteiger partial charge is 0.370 e. The molecular weight excluding hydrogens is 204 g/mol. The number of carbonyl (C=O) groups is 2. The molecule has 4 nitrogen and oxygen atoms in total. The van der Waals surface area contributed by atoms with E-state index in [1.165, 1.54) is 4.90 Å². The average Bonchev–Trinajstić information content (AvgIpc) is 2.27. The van der Waals surface area contributed by atoms with E-state index in [-0.39, 0.29) is 18.2 Å². The predicted octanol–water partition coefficient (Wildman–Crippen LogP) is 0.563. The third-order valence-corrected chi connectivity index (χ3v) is 2.32. The van der Waals surface area contributed by atoms with Gasteiger partial charge in [0.2, 0.25) is 11.8 Å². The molecule has 0 atom stereocenters.